The van der Waals surface area contributed by atoms with Gasteiger partial charge in [0.2, 0.25) is 0 Å². The van der Waals surface area contributed by atoms with Crippen LogP contribution in [0.15, 0.2) is 18.2 Å². The van der Waals surface area contributed by atoms with Gasteiger partial charge in [0.05, 0.1) is 5.69 Å². The minimum atomic E-state index is -0.923. The lowest BCUT2D eigenvalue weighted by molar-refractivity contribution is 0.510. The van der Waals surface area contributed by atoms with Crippen LogP contribution >= 0.6 is 0 Å². The number of nitrogens with two attached hydrogens (primary N) is 1. The van der Waals surface area contributed by atoms with Gasteiger partial charge in [-0.1, -0.05) is 26.8 Å². The number of anilines is 1. The van der Waals surface area contributed by atoms with E-state index in [1.165, 1.54) is 12.1 Å². The SMILES string of the molecule is Cc1c(N)nc(C(C)(C)C)nc1-c1cccc(F)c1F. The second-order valence-electron chi connectivity index (χ2n) is 5.76. The van der Waals surface area contributed by atoms with Crippen LogP contribution in [0.4, 0.5) is 14.6 Å². The summed E-state index contributed by atoms with van der Waals surface area (Å²) in [6.45, 7) is 7.50. The molecule has 0 saturated heterocycles. The Morgan fingerprint density at radius 1 is 1.10 bits per heavy atom. The first-order valence-corrected chi connectivity index (χ1v) is 6.31. The fourth-order valence-electron chi connectivity index (χ4n) is 1.82. The Bertz CT molecular complexity index is 661. The van der Waals surface area contributed by atoms with E-state index in [-0.39, 0.29) is 16.8 Å². The van der Waals surface area contributed by atoms with Gasteiger partial charge in [-0.05, 0) is 19.1 Å². The van der Waals surface area contributed by atoms with Gasteiger partial charge in [-0.15, -0.1) is 0 Å². The van der Waals surface area contributed by atoms with Gasteiger partial charge in [0.15, 0.2) is 11.6 Å². The van der Waals surface area contributed by atoms with E-state index in [1.54, 1.807) is 6.92 Å². The number of nitrogen functional groups attached to an aromatic ring is 1. The third-order valence-electron chi connectivity index (χ3n) is 3.06. The number of nitrogens with zero attached hydrogens (tertiary/aromatic N) is 2. The van der Waals surface area contributed by atoms with E-state index in [2.05, 4.69) is 9.97 Å². The summed E-state index contributed by atoms with van der Waals surface area (Å²) >= 11 is 0. The van der Waals surface area contributed by atoms with Crippen LogP contribution in [-0.4, -0.2) is 9.97 Å². The molecule has 20 heavy (non-hydrogen) atoms. The summed E-state index contributed by atoms with van der Waals surface area (Å²) in [6.07, 6.45) is 0. The van der Waals surface area contributed by atoms with E-state index in [4.69, 9.17) is 5.73 Å². The number of rotatable bonds is 1. The Morgan fingerprint density at radius 2 is 1.75 bits per heavy atom. The number of benzene rings is 1. The lowest BCUT2D eigenvalue weighted by Crippen LogP contribution is -2.18. The maximum Gasteiger partial charge on any atom is 0.168 e. The van der Waals surface area contributed by atoms with Crippen LogP contribution in [0.25, 0.3) is 11.3 Å². The average Bonchev–Trinajstić information content (AvgIpc) is 2.35. The standard InChI is InChI=1S/C15H17F2N3/c1-8-12(9-6-5-7-10(16)11(9)17)19-14(15(2,3)4)20-13(8)18/h5-7H,1-4H3,(H2,18,19,20). The van der Waals surface area contributed by atoms with Gasteiger partial charge in [-0.3, -0.25) is 0 Å². The van der Waals surface area contributed by atoms with Crippen molar-refractivity contribution in [3.8, 4) is 11.3 Å². The van der Waals surface area contributed by atoms with Crippen LogP contribution in [-0.2, 0) is 5.41 Å². The Balaban J connectivity index is 2.74. The fourth-order valence-corrected chi connectivity index (χ4v) is 1.82. The third-order valence-corrected chi connectivity index (χ3v) is 3.06. The molecular formula is C15H17F2N3. The van der Waals surface area contributed by atoms with Crippen LogP contribution in [0.2, 0.25) is 0 Å². The zero-order chi connectivity index (χ0) is 15.1. The Kier molecular flexibility index (Phi) is 3.46. The molecule has 0 aliphatic heterocycles. The highest BCUT2D eigenvalue weighted by molar-refractivity contribution is 5.68. The van der Waals surface area contributed by atoms with E-state index in [1.807, 2.05) is 20.8 Å². The van der Waals surface area contributed by atoms with Crippen molar-refractivity contribution in [2.75, 3.05) is 5.73 Å². The van der Waals surface area contributed by atoms with E-state index in [0.29, 0.717) is 17.1 Å². The van der Waals surface area contributed by atoms with E-state index >= 15 is 0 Å². The monoisotopic (exact) mass is 277 g/mol. The first-order valence-electron chi connectivity index (χ1n) is 6.31. The summed E-state index contributed by atoms with van der Waals surface area (Å²) in [4.78, 5) is 8.61. The highest BCUT2D eigenvalue weighted by Gasteiger charge is 2.22. The van der Waals surface area contributed by atoms with Crippen LogP contribution in [0.5, 0.6) is 0 Å². The molecule has 5 heteroatoms. The van der Waals surface area contributed by atoms with Crippen LogP contribution in [0.1, 0.15) is 32.2 Å². The predicted octanol–water partition coefficient (Wildman–Crippen LogP) is 3.61. The van der Waals surface area contributed by atoms with Crippen molar-refractivity contribution in [2.45, 2.75) is 33.1 Å². The minimum Gasteiger partial charge on any atom is -0.383 e. The molecule has 0 amide bonds. The molecule has 0 bridgehead atoms. The van der Waals surface area contributed by atoms with Crippen LogP contribution in [0, 0.1) is 18.6 Å². The first-order chi connectivity index (χ1) is 9.21. The first kappa shape index (κ1) is 14.4. The van der Waals surface area contributed by atoms with Gasteiger partial charge < -0.3 is 5.73 Å². The normalized spacial score (nSPS) is 11.7. The summed E-state index contributed by atoms with van der Waals surface area (Å²) in [6, 6.07) is 4.01. The quantitative estimate of drug-likeness (QED) is 0.866. The number of hydrogen-bond donors (Lipinski definition) is 1. The second kappa shape index (κ2) is 4.81. The zero-order valence-electron chi connectivity index (χ0n) is 12.0. The van der Waals surface area contributed by atoms with E-state index in [0.717, 1.165) is 6.07 Å². The summed E-state index contributed by atoms with van der Waals surface area (Å²) in [5, 5.41) is 0. The maximum absolute atomic E-state index is 14.0. The van der Waals surface area contributed by atoms with Gasteiger partial charge in [0.1, 0.15) is 11.6 Å². The molecule has 2 N–H and O–H groups in total. The van der Waals surface area contributed by atoms with Gasteiger partial charge >= 0.3 is 0 Å². The topological polar surface area (TPSA) is 51.8 Å². The van der Waals surface area contributed by atoms with Gasteiger partial charge in [0.25, 0.3) is 0 Å². The smallest absolute Gasteiger partial charge is 0.168 e. The molecule has 106 valence electrons. The fraction of sp³-hybridized carbons (Fsp3) is 0.333. The predicted molar refractivity (Wildman–Crippen MR) is 75.2 cm³/mol. The molecule has 0 fully saturated rings. The molecular weight excluding hydrogens is 260 g/mol. The van der Waals surface area contributed by atoms with Crippen LogP contribution < -0.4 is 5.73 Å². The number of aromatic nitrogens is 2. The van der Waals surface area contributed by atoms with E-state index in [9.17, 15) is 8.78 Å². The molecule has 1 heterocycles. The van der Waals surface area contributed by atoms with E-state index < -0.39 is 11.6 Å². The second-order valence-corrected chi connectivity index (χ2v) is 5.76. The molecule has 0 spiro atoms. The van der Waals surface area contributed by atoms with Crippen molar-refractivity contribution in [1.29, 1.82) is 0 Å². The molecule has 0 unspecified atom stereocenters. The molecule has 1 aromatic carbocycles. The number of halogens is 2. The lowest BCUT2D eigenvalue weighted by Gasteiger charge is -2.19. The van der Waals surface area contributed by atoms with Crippen molar-refractivity contribution in [3.05, 3.63) is 41.2 Å². The molecule has 0 atom stereocenters. The maximum atomic E-state index is 14.0. The summed E-state index contributed by atoms with van der Waals surface area (Å²) in [7, 11) is 0. The third kappa shape index (κ3) is 2.48. The largest absolute Gasteiger partial charge is 0.383 e. The zero-order valence-corrected chi connectivity index (χ0v) is 12.0. The Hall–Kier alpha value is -2.04. The molecule has 3 nitrogen and oxygen atoms in total. The van der Waals surface area contributed by atoms with Crippen molar-refractivity contribution >= 4 is 5.82 Å². The van der Waals surface area contributed by atoms with Gasteiger partial charge in [-0.25, -0.2) is 18.7 Å². The van der Waals surface area contributed by atoms with Gasteiger partial charge in [0, 0.05) is 16.5 Å². The molecule has 2 aromatic rings. The van der Waals surface area contributed by atoms with Crippen LogP contribution in [0.3, 0.4) is 0 Å². The summed E-state index contributed by atoms with van der Waals surface area (Å²) < 4.78 is 27.3. The number of hydrogen-bond acceptors (Lipinski definition) is 3. The molecule has 0 saturated carbocycles. The Morgan fingerprint density at radius 3 is 2.35 bits per heavy atom. The van der Waals surface area contributed by atoms with Crippen molar-refractivity contribution < 1.29 is 8.78 Å². The molecule has 0 radical (unpaired) electrons. The summed E-state index contributed by atoms with van der Waals surface area (Å²) in [5.41, 5.74) is 6.52. The minimum absolute atomic E-state index is 0.0992. The molecule has 1 aromatic heterocycles. The average molecular weight is 277 g/mol. The highest BCUT2D eigenvalue weighted by Crippen LogP contribution is 2.30. The highest BCUT2D eigenvalue weighted by atomic mass is 19.2. The summed E-state index contributed by atoms with van der Waals surface area (Å²) in [5.74, 6) is -1.05. The van der Waals surface area contributed by atoms with Gasteiger partial charge in [-0.2, -0.15) is 0 Å². The van der Waals surface area contributed by atoms with Crippen molar-refractivity contribution in [1.82, 2.24) is 9.97 Å². The molecule has 0 aliphatic carbocycles. The molecule has 0 aliphatic rings. The Labute approximate surface area is 116 Å². The molecule has 2 rings (SSSR count). The lowest BCUT2D eigenvalue weighted by atomic mass is 9.94. The van der Waals surface area contributed by atoms with Crippen molar-refractivity contribution in [2.24, 2.45) is 0 Å². The van der Waals surface area contributed by atoms with Crippen molar-refractivity contribution in [3.63, 3.8) is 0 Å².